The summed E-state index contributed by atoms with van der Waals surface area (Å²) in [6.45, 7) is 6.49. The fourth-order valence-electron chi connectivity index (χ4n) is 2.10. The lowest BCUT2D eigenvalue weighted by atomic mass is 10.0. The van der Waals surface area contributed by atoms with E-state index in [4.69, 9.17) is 0 Å². The number of halogens is 2. The average molecular weight is 250 g/mol. The molecule has 0 bridgehead atoms. The number of rotatable bonds is 3. The van der Waals surface area contributed by atoms with Gasteiger partial charge < -0.3 is 5.32 Å². The lowest BCUT2D eigenvalue weighted by Crippen LogP contribution is -2.02. The van der Waals surface area contributed by atoms with Crippen molar-refractivity contribution in [1.82, 2.24) is 4.98 Å². The number of nitrogens with one attached hydrogen (secondary N) is 1. The van der Waals surface area contributed by atoms with Crippen LogP contribution in [0, 0.1) is 13.8 Å². The maximum atomic E-state index is 12.9. The Balaban J connectivity index is 2.80. The van der Waals surface area contributed by atoms with Crippen LogP contribution >= 0.6 is 0 Å². The van der Waals surface area contributed by atoms with Crippen LogP contribution in [-0.4, -0.2) is 11.5 Å². The van der Waals surface area contributed by atoms with Crippen LogP contribution in [-0.2, 0) is 0 Å². The van der Waals surface area contributed by atoms with E-state index in [1.807, 2.05) is 32.9 Å². The number of nitrogens with zero attached hydrogens (tertiary/aromatic N) is 1. The van der Waals surface area contributed by atoms with Gasteiger partial charge in [-0.25, -0.2) is 13.8 Å². The Labute approximate surface area is 105 Å². The van der Waals surface area contributed by atoms with Crippen LogP contribution in [0.15, 0.2) is 18.2 Å². The molecule has 0 spiro atoms. The van der Waals surface area contributed by atoms with E-state index >= 15 is 0 Å². The van der Waals surface area contributed by atoms with Crippen molar-refractivity contribution in [2.24, 2.45) is 0 Å². The molecule has 96 valence electrons. The lowest BCUT2D eigenvalue weighted by molar-refractivity contribution is 0.146. The Bertz CT molecular complexity index is 580. The predicted octanol–water partition coefficient (Wildman–Crippen LogP) is 4.22. The molecule has 0 unspecified atom stereocenters. The molecule has 2 nitrogen and oxygen atoms in total. The number of alkyl halides is 2. The molecule has 18 heavy (non-hydrogen) atoms. The number of aryl methyl sites for hydroxylation is 2. The number of aromatic nitrogens is 1. The summed E-state index contributed by atoms with van der Waals surface area (Å²) in [5.74, 6) is 0. The van der Waals surface area contributed by atoms with E-state index in [1.54, 1.807) is 0 Å². The molecule has 0 fully saturated rings. The highest BCUT2D eigenvalue weighted by Crippen LogP contribution is 2.31. The van der Waals surface area contributed by atoms with Gasteiger partial charge in [-0.3, -0.25) is 0 Å². The first-order valence-corrected chi connectivity index (χ1v) is 5.97. The maximum absolute atomic E-state index is 12.9. The standard InChI is InChI=1S/C14H16F2N2/c1-4-17-10-7-11(14(15)16)18-13-9(3)6-5-8(2)12(10)13/h5-7,14H,4H2,1-3H3,(H,17,18). The van der Waals surface area contributed by atoms with Gasteiger partial charge in [0.2, 0.25) is 0 Å². The quantitative estimate of drug-likeness (QED) is 0.882. The second kappa shape index (κ2) is 4.88. The second-order valence-electron chi connectivity index (χ2n) is 4.35. The molecule has 4 heteroatoms. The molecular weight excluding hydrogens is 234 g/mol. The monoisotopic (exact) mass is 250 g/mol. The first-order valence-electron chi connectivity index (χ1n) is 5.97. The van der Waals surface area contributed by atoms with Gasteiger partial charge in [0.1, 0.15) is 5.69 Å². The number of anilines is 1. The minimum atomic E-state index is -2.55. The van der Waals surface area contributed by atoms with Crippen molar-refractivity contribution >= 4 is 16.6 Å². The number of hydrogen-bond acceptors (Lipinski definition) is 2. The van der Waals surface area contributed by atoms with Crippen LogP contribution in [0.25, 0.3) is 10.9 Å². The molecular formula is C14H16F2N2. The Hall–Kier alpha value is -1.71. The van der Waals surface area contributed by atoms with Gasteiger partial charge in [-0.15, -0.1) is 0 Å². The summed E-state index contributed by atoms with van der Waals surface area (Å²) in [6.07, 6.45) is -2.55. The van der Waals surface area contributed by atoms with Crippen LogP contribution in [0.1, 0.15) is 30.2 Å². The third-order valence-corrected chi connectivity index (χ3v) is 2.98. The Morgan fingerprint density at radius 1 is 1.22 bits per heavy atom. The predicted molar refractivity (Wildman–Crippen MR) is 70.3 cm³/mol. The van der Waals surface area contributed by atoms with Crippen LogP contribution in [0.5, 0.6) is 0 Å². The highest BCUT2D eigenvalue weighted by molar-refractivity contribution is 5.96. The Morgan fingerprint density at radius 2 is 1.89 bits per heavy atom. The molecule has 2 aromatic rings. The highest BCUT2D eigenvalue weighted by Gasteiger charge is 2.15. The van der Waals surface area contributed by atoms with Crippen LogP contribution < -0.4 is 5.32 Å². The summed E-state index contributed by atoms with van der Waals surface area (Å²) in [6, 6.07) is 5.35. The van der Waals surface area contributed by atoms with Crippen LogP contribution in [0.2, 0.25) is 0 Å². The zero-order valence-corrected chi connectivity index (χ0v) is 10.7. The van der Waals surface area contributed by atoms with Gasteiger partial charge in [-0.2, -0.15) is 0 Å². The summed E-state index contributed by atoms with van der Waals surface area (Å²) >= 11 is 0. The second-order valence-corrected chi connectivity index (χ2v) is 4.35. The number of hydrogen-bond donors (Lipinski definition) is 1. The van der Waals surface area contributed by atoms with Crippen molar-refractivity contribution in [3.05, 3.63) is 35.0 Å². The van der Waals surface area contributed by atoms with Crippen molar-refractivity contribution in [3.63, 3.8) is 0 Å². The van der Waals surface area contributed by atoms with Crippen LogP contribution in [0.4, 0.5) is 14.5 Å². The topological polar surface area (TPSA) is 24.9 Å². The molecule has 2 rings (SSSR count). The van der Waals surface area contributed by atoms with Gasteiger partial charge >= 0.3 is 0 Å². The SMILES string of the molecule is CCNc1cc(C(F)F)nc2c(C)ccc(C)c12. The minimum Gasteiger partial charge on any atom is -0.385 e. The summed E-state index contributed by atoms with van der Waals surface area (Å²) < 4.78 is 25.7. The number of benzene rings is 1. The summed E-state index contributed by atoms with van der Waals surface area (Å²) in [5, 5.41) is 4.07. The van der Waals surface area contributed by atoms with Crippen molar-refractivity contribution in [2.75, 3.05) is 11.9 Å². The smallest absolute Gasteiger partial charge is 0.280 e. The first-order chi connectivity index (χ1) is 8.54. The molecule has 1 N–H and O–H groups in total. The summed E-state index contributed by atoms with van der Waals surface area (Å²) in [5.41, 5.74) is 3.17. The molecule has 0 aliphatic heterocycles. The fourth-order valence-corrected chi connectivity index (χ4v) is 2.10. The van der Waals surface area contributed by atoms with Crippen molar-refractivity contribution in [3.8, 4) is 0 Å². The van der Waals surface area contributed by atoms with E-state index in [0.29, 0.717) is 12.1 Å². The normalized spacial score (nSPS) is 11.2. The van der Waals surface area contributed by atoms with E-state index in [9.17, 15) is 8.78 Å². The van der Waals surface area contributed by atoms with Crippen molar-refractivity contribution in [2.45, 2.75) is 27.2 Å². The molecule has 0 saturated carbocycles. The minimum absolute atomic E-state index is 0.174. The summed E-state index contributed by atoms with van der Waals surface area (Å²) in [4.78, 5) is 4.09. The largest absolute Gasteiger partial charge is 0.385 e. The van der Waals surface area contributed by atoms with E-state index in [-0.39, 0.29) is 5.69 Å². The molecule has 1 heterocycles. The van der Waals surface area contributed by atoms with Gasteiger partial charge in [-0.1, -0.05) is 12.1 Å². The molecule has 0 saturated heterocycles. The fraction of sp³-hybridized carbons (Fsp3) is 0.357. The number of fused-ring (bicyclic) bond motifs is 1. The van der Waals surface area contributed by atoms with Gasteiger partial charge in [-0.05, 0) is 38.0 Å². The van der Waals surface area contributed by atoms with E-state index in [0.717, 1.165) is 22.2 Å². The van der Waals surface area contributed by atoms with E-state index in [1.165, 1.54) is 6.07 Å². The van der Waals surface area contributed by atoms with Gasteiger partial charge in [0.15, 0.2) is 0 Å². The molecule has 1 aromatic heterocycles. The lowest BCUT2D eigenvalue weighted by Gasteiger charge is -2.13. The Kier molecular flexibility index (Phi) is 3.45. The molecule has 1 aromatic carbocycles. The van der Waals surface area contributed by atoms with Crippen molar-refractivity contribution in [1.29, 1.82) is 0 Å². The highest BCUT2D eigenvalue weighted by atomic mass is 19.3. The summed E-state index contributed by atoms with van der Waals surface area (Å²) in [7, 11) is 0. The van der Waals surface area contributed by atoms with E-state index < -0.39 is 6.43 Å². The van der Waals surface area contributed by atoms with E-state index in [2.05, 4.69) is 10.3 Å². The third kappa shape index (κ3) is 2.15. The molecule has 0 amide bonds. The van der Waals surface area contributed by atoms with Crippen molar-refractivity contribution < 1.29 is 8.78 Å². The zero-order valence-electron chi connectivity index (χ0n) is 10.7. The van der Waals surface area contributed by atoms with Gasteiger partial charge in [0.25, 0.3) is 6.43 Å². The Morgan fingerprint density at radius 3 is 2.50 bits per heavy atom. The molecule has 0 aliphatic rings. The maximum Gasteiger partial charge on any atom is 0.280 e. The van der Waals surface area contributed by atoms with Gasteiger partial charge in [0.05, 0.1) is 5.52 Å². The first kappa shape index (κ1) is 12.7. The zero-order chi connectivity index (χ0) is 13.3. The number of pyridine rings is 1. The molecule has 0 atom stereocenters. The molecule has 0 radical (unpaired) electrons. The molecule has 0 aliphatic carbocycles. The third-order valence-electron chi connectivity index (χ3n) is 2.98. The van der Waals surface area contributed by atoms with Crippen LogP contribution in [0.3, 0.4) is 0 Å². The van der Waals surface area contributed by atoms with Gasteiger partial charge in [0, 0.05) is 17.6 Å². The average Bonchev–Trinajstić information content (AvgIpc) is 2.33.